The molecule has 2 N–H and O–H groups in total. The smallest absolute Gasteiger partial charge is 0.233 e. The maximum Gasteiger partial charge on any atom is 0.233 e. The monoisotopic (exact) mass is 241 g/mol. The van der Waals surface area contributed by atoms with Gasteiger partial charge >= 0.3 is 0 Å². The van der Waals surface area contributed by atoms with E-state index >= 15 is 0 Å². The Morgan fingerprint density at radius 2 is 2.00 bits per heavy atom. The Labute approximate surface area is 105 Å². The third kappa shape index (κ3) is 6.64. The molecule has 17 heavy (non-hydrogen) atoms. The van der Waals surface area contributed by atoms with Crippen molar-refractivity contribution in [2.45, 2.75) is 32.7 Å². The molecular weight excluding hydrogens is 214 g/mol. The minimum atomic E-state index is 0.126. The lowest BCUT2D eigenvalue weighted by Crippen LogP contribution is -2.46. The molecule has 1 aliphatic carbocycles. The largest absolute Gasteiger partial charge is 0.355 e. The first-order valence-corrected chi connectivity index (χ1v) is 6.64. The maximum atomic E-state index is 11.6. The molecule has 4 heteroatoms. The number of hydrogen-bond acceptors (Lipinski definition) is 3. The van der Waals surface area contributed by atoms with Crippen LogP contribution >= 0.6 is 0 Å². The van der Waals surface area contributed by atoms with Crippen molar-refractivity contribution >= 4 is 5.91 Å². The molecule has 1 aliphatic rings. The van der Waals surface area contributed by atoms with Gasteiger partial charge in [0.05, 0.1) is 6.54 Å². The van der Waals surface area contributed by atoms with Gasteiger partial charge in [0.2, 0.25) is 5.91 Å². The zero-order valence-electron chi connectivity index (χ0n) is 11.6. The molecule has 0 saturated heterocycles. The number of carbonyl (C=O) groups is 1. The van der Waals surface area contributed by atoms with Gasteiger partial charge in [-0.25, -0.2) is 0 Å². The zero-order valence-corrected chi connectivity index (χ0v) is 11.6. The first-order valence-electron chi connectivity index (χ1n) is 6.64. The second kappa shape index (κ2) is 6.97. The summed E-state index contributed by atoms with van der Waals surface area (Å²) in [7, 11) is 4.12. The van der Waals surface area contributed by atoms with Gasteiger partial charge in [-0.3, -0.25) is 4.79 Å². The molecule has 4 nitrogen and oxygen atoms in total. The second-order valence-electron chi connectivity index (χ2n) is 5.74. The summed E-state index contributed by atoms with van der Waals surface area (Å²) in [6.45, 7) is 6.63. The Balaban J connectivity index is 2.17. The lowest BCUT2D eigenvalue weighted by atomic mass is 10.0. The molecule has 0 aromatic heterocycles. The van der Waals surface area contributed by atoms with Crippen LogP contribution in [0.4, 0.5) is 0 Å². The van der Waals surface area contributed by atoms with Crippen LogP contribution in [0.5, 0.6) is 0 Å². The molecule has 100 valence electrons. The van der Waals surface area contributed by atoms with E-state index in [1.165, 1.54) is 12.8 Å². The quantitative estimate of drug-likeness (QED) is 0.657. The van der Waals surface area contributed by atoms with Crippen molar-refractivity contribution in [3.8, 4) is 0 Å². The first-order chi connectivity index (χ1) is 7.99. The van der Waals surface area contributed by atoms with Gasteiger partial charge in [0.25, 0.3) is 0 Å². The Hall–Kier alpha value is -0.610. The van der Waals surface area contributed by atoms with Crippen LogP contribution in [0.15, 0.2) is 0 Å². The minimum absolute atomic E-state index is 0.126. The molecule has 0 spiro atoms. The Bertz CT molecular complexity index is 237. The molecule has 0 radical (unpaired) electrons. The van der Waals surface area contributed by atoms with Gasteiger partial charge in [0, 0.05) is 19.1 Å². The van der Waals surface area contributed by atoms with Crippen LogP contribution in [0.3, 0.4) is 0 Å². The van der Waals surface area contributed by atoms with Crippen LogP contribution in [0.25, 0.3) is 0 Å². The van der Waals surface area contributed by atoms with Gasteiger partial charge in [-0.1, -0.05) is 13.8 Å². The Kier molecular flexibility index (Phi) is 5.92. The molecule has 1 unspecified atom stereocenters. The number of amides is 1. The molecule has 0 aromatic carbocycles. The van der Waals surface area contributed by atoms with Gasteiger partial charge in [0.1, 0.15) is 0 Å². The lowest BCUT2D eigenvalue weighted by molar-refractivity contribution is -0.120. The third-order valence-corrected chi connectivity index (χ3v) is 3.18. The molecule has 0 bridgehead atoms. The van der Waals surface area contributed by atoms with Gasteiger partial charge in [0.15, 0.2) is 0 Å². The topological polar surface area (TPSA) is 44.4 Å². The normalized spacial score (nSPS) is 17.5. The zero-order chi connectivity index (χ0) is 12.8. The highest BCUT2D eigenvalue weighted by Crippen LogP contribution is 2.27. The Morgan fingerprint density at radius 3 is 2.47 bits per heavy atom. The Morgan fingerprint density at radius 1 is 1.35 bits per heavy atom. The van der Waals surface area contributed by atoms with E-state index in [4.69, 9.17) is 0 Å². The van der Waals surface area contributed by atoms with Crippen LogP contribution in [0, 0.1) is 11.8 Å². The summed E-state index contributed by atoms with van der Waals surface area (Å²) in [5, 5.41) is 6.32. The number of nitrogens with one attached hydrogen (secondary N) is 2. The van der Waals surface area contributed by atoms with E-state index in [1.54, 1.807) is 0 Å². The summed E-state index contributed by atoms with van der Waals surface area (Å²) in [6, 6.07) is 0.372. The van der Waals surface area contributed by atoms with E-state index < -0.39 is 0 Å². The van der Waals surface area contributed by atoms with Crippen molar-refractivity contribution in [2.75, 3.05) is 33.7 Å². The second-order valence-corrected chi connectivity index (χ2v) is 5.74. The molecule has 1 amide bonds. The van der Waals surface area contributed by atoms with Crippen LogP contribution in [0.1, 0.15) is 26.7 Å². The highest BCUT2D eigenvalue weighted by atomic mass is 16.1. The summed E-state index contributed by atoms with van der Waals surface area (Å²) < 4.78 is 0. The number of nitrogens with zero attached hydrogens (tertiary/aromatic N) is 1. The van der Waals surface area contributed by atoms with Crippen molar-refractivity contribution in [2.24, 2.45) is 11.8 Å². The van der Waals surface area contributed by atoms with Crippen LogP contribution in [-0.2, 0) is 4.79 Å². The SMILES string of the molecule is CC(C)C(CN(C)C)NCC(=O)NCC1CC1. The number of hydrogen-bond donors (Lipinski definition) is 2. The standard InChI is InChI=1S/C13H27N3O/c1-10(2)12(9-16(3)4)14-8-13(17)15-7-11-5-6-11/h10-12,14H,5-9H2,1-4H3,(H,15,17). The molecule has 1 fully saturated rings. The van der Waals surface area contributed by atoms with E-state index in [0.717, 1.165) is 19.0 Å². The highest BCUT2D eigenvalue weighted by molar-refractivity contribution is 5.78. The molecule has 1 rings (SSSR count). The van der Waals surface area contributed by atoms with Crippen LogP contribution in [-0.4, -0.2) is 50.6 Å². The number of carbonyl (C=O) groups excluding carboxylic acids is 1. The minimum Gasteiger partial charge on any atom is -0.355 e. The fourth-order valence-electron chi connectivity index (χ4n) is 1.77. The van der Waals surface area contributed by atoms with Crippen molar-refractivity contribution in [3.63, 3.8) is 0 Å². The van der Waals surface area contributed by atoms with Gasteiger partial charge in [-0.15, -0.1) is 0 Å². The van der Waals surface area contributed by atoms with Crippen molar-refractivity contribution in [3.05, 3.63) is 0 Å². The van der Waals surface area contributed by atoms with E-state index in [2.05, 4.69) is 43.5 Å². The average molecular weight is 241 g/mol. The predicted octanol–water partition coefficient (Wildman–Crippen LogP) is 0.688. The van der Waals surface area contributed by atoms with Crippen LogP contribution < -0.4 is 10.6 Å². The van der Waals surface area contributed by atoms with Crippen molar-refractivity contribution < 1.29 is 4.79 Å². The maximum absolute atomic E-state index is 11.6. The summed E-state index contributed by atoms with van der Waals surface area (Å²) >= 11 is 0. The average Bonchev–Trinajstić information content (AvgIpc) is 3.04. The van der Waals surface area contributed by atoms with Crippen molar-refractivity contribution in [1.29, 1.82) is 0 Å². The summed E-state index contributed by atoms with van der Waals surface area (Å²) in [4.78, 5) is 13.8. The van der Waals surface area contributed by atoms with E-state index in [9.17, 15) is 4.79 Å². The van der Waals surface area contributed by atoms with E-state index in [-0.39, 0.29) is 5.91 Å². The molecular formula is C13H27N3O. The van der Waals surface area contributed by atoms with Crippen molar-refractivity contribution in [1.82, 2.24) is 15.5 Å². The molecule has 0 aliphatic heterocycles. The van der Waals surface area contributed by atoms with E-state index in [0.29, 0.717) is 18.5 Å². The van der Waals surface area contributed by atoms with E-state index in [1.807, 2.05) is 0 Å². The van der Waals surface area contributed by atoms with Gasteiger partial charge in [-0.2, -0.15) is 0 Å². The summed E-state index contributed by atoms with van der Waals surface area (Å²) in [6.07, 6.45) is 2.56. The first kappa shape index (κ1) is 14.5. The highest BCUT2D eigenvalue weighted by Gasteiger charge is 2.22. The number of rotatable bonds is 8. The third-order valence-electron chi connectivity index (χ3n) is 3.18. The molecule has 0 aromatic rings. The summed E-state index contributed by atoms with van der Waals surface area (Å²) in [5.41, 5.74) is 0. The van der Waals surface area contributed by atoms with Gasteiger partial charge < -0.3 is 15.5 Å². The fourth-order valence-corrected chi connectivity index (χ4v) is 1.77. The van der Waals surface area contributed by atoms with Crippen LogP contribution in [0.2, 0.25) is 0 Å². The predicted molar refractivity (Wildman–Crippen MR) is 70.9 cm³/mol. The fraction of sp³-hybridized carbons (Fsp3) is 0.923. The molecule has 1 saturated carbocycles. The number of likely N-dealkylation sites (N-methyl/N-ethyl adjacent to an activating group) is 1. The molecule has 0 heterocycles. The summed E-state index contributed by atoms with van der Waals surface area (Å²) in [5.74, 6) is 1.41. The van der Waals surface area contributed by atoms with Gasteiger partial charge in [-0.05, 0) is 38.8 Å². The molecule has 1 atom stereocenters. The lowest BCUT2D eigenvalue weighted by Gasteiger charge is -2.25.